The molecule has 1 aromatic carbocycles. The van der Waals surface area contributed by atoms with Crippen molar-refractivity contribution < 1.29 is 20.1 Å². The van der Waals surface area contributed by atoms with Crippen LogP contribution in [0, 0.1) is 0 Å². The molecule has 4 atom stereocenters. The fourth-order valence-corrected chi connectivity index (χ4v) is 4.10. The van der Waals surface area contributed by atoms with E-state index in [2.05, 4.69) is 15.0 Å². The molecule has 3 heterocycles. The van der Waals surface area contributed by atoms with Gasteiger partial charge in [0.15, 0.2) is 11.9 Å². The van der Waals surface area contributed by atoms with Crippen molar-refractivity contribution in [3.63, 3.8) is 0 Å². The quantitative estimate of drug-likeness (QED) is 0.349. The van der Waals surface area contributed by atoms with Gasteiger partial charge in [0.2, 0.25) is 5.95 Å². The maximum Gasteiger partial charge on any atom is 0.223 e. The number of nitrogens with two attached hydrogens (primary N) is 1. The van der Waals surface area contributed by atoms with E-state index in [9.17, 15) is 15.3 Å². The molecule has 3 aromatic rings. The Labute approximate surface area is 169 Å². The number of fused-ring (bicyclic) bond motifs is 1. The third-order valence-corrected chi connectivity index (χ3v) is 5.77. The maximum absolute atomic E-state index is 10.3. The number of aliphatic hydroxyl groups excluding tert-OH is 3. The molecule has 1 aliphatic rings. The molecule has 1 aliphatic heterocycles. The van der Waals surface area contributed by atoms with Crippen molar-refractivity contribution in [2.75, 3.05) is 12.3 Å². The number of nitrogen functional groups attached to an aromatic ring is 1. The van der Waals surface area contributed by atoms with Gasteiger partial charge in [-0.15, -0.1) is 0 Å². The first-order valence-corrected chi connectivity index (χ1v) is 9.84. The maximum atomic E-state index is 10.3. The lowest BCUT2D eigenvalue weighted by atomic mass is 10.1. The van der Waals surface area contributed by atoms with Crippen molar-refractivity contribution in [2.45, 2.75) is 35.3 Å². The van der Waals surface area contributed by atoms with Crippen LogP contribution in [0.5, 0.6) is 0 Å². The van der Waals surface area contributed by atoms with Crippen molar-refractivity contribution in [3.05, 3.63) is 41.2 Å². The molecule has 148 valence electrons. The summed E-state index contributed by atoms with van der Waals surface area (Å²) in [4.78, 5) is 12.8. The first kappa shape index (κ1) is 19.4. The molecule has 4 rings (SSSR count). The van der Waals surface area contributed by atoms with Gasteiger partial charge in [0.1, 0.15) is 28.9 Å². The SMILES string of the molecule is Nc1nc(SCc2ccc(Cl)cc2)c2ncn([C@H]3O[C@@H](CO)[C@@H](O)[C@@H]3O)c2n1. The molecular weight excluding hydrogens is 406 g/mol. The summed E-state index contributed by atoms with van der Waals surface area (Å²) in [5.74, 6) is 0.684. The minimum Gasteiger partial charge on any atom is -0.394 e. The molecule has 28 heavy (non-hydrogen) atoms. The molecule has 0 amide bonds. The van der Waals surface area contributed by atoms with Crippen LogP contribution in [0.15, 0.2) is 35.6 Å². The zero-order chi connectivity index (χ0) is 19.8. The number of anilines is 1. The summed E-state index contributed by atoms with van der Waals surface area (Å²) in [5, 5.41) is 30.8. The van der Waals surface area contributed by atoms with E-state index in [0.29, 0.717) is 27.0 Å². The summed E-state index contributed by atoms with van der Waals surface area (Å²) in [7, 11) is 0. The van der Waals surface area contributed by atoms with Crippen molar-refractivity contribution in [1.82, 2.24) is 19.5 Å². The second-order valence-electron chi connectivity index (χ2n) is 6.36. The van der Waals surface area contributed by atoms with E-state index in [1.54, 1.807) is 0 Å². The van der Waals surface area contributed by atoms with Gasteiger partial charge in [-0.1, -0.05) is 35.5 Å². The predicted octanol–water partition coefficient (Wildman–Crippen LogP) is 0.966. The Hall–Kier alpha value is -1.95. The van der Waals surface area contributed by atoms with Crippen molar-refractivity contribution in [3.8, 4) is 0 Å². The molecule has 2 aromatic heterocycles. The van der Waals surface area contributed by atoms with Gasteiger partial charge in [-0.05, 0) is 17.7 Å². The summed E-state index contributed by atoms with van der Waals surface area (Å²) in [5.41, 5.74) is 7.81. The van der Waals surface area contributed by atoms with Crippen molar-refractivity contribution in [1.29, 1.82) is 0 Å². The lowest BCUT2D eigenvalue weighted by Crippen LogP contribution is -2.33. The van der Waals surface area contributed by atoms with Crippen molar-refractivity contribution >= 4 is 40.5 Å². The minimum atomic E-state index is -1.24. The van der Waals surface area contributed by atoms with E-state index in [1.807, 2.05) is 24.3 Å². The van der Waals surface area contributed by atoms with E-state index < -0.39 is 31.1 Å². The molecule has 0 aliphatic carbocycles. The molecule has 1 saturated heterocycles. The second kappa shape index (κ2) is 7.82. The number of aliphatic hydroxyl groups is 3. The molecule has 9 nitrogen and oxygen atoms in total. The van der Waals surface area contributed by atoms with Crippen LogP contribution < -0.4 is 5.73 Å². The summed E-state index contributed by atoms with van der Waals surface area (Å²) in [6.45, 7) is -0.416. The zero-order valence-corrected chi connectivity index (χ0v) is 16.1. The number of hydrogen-bond donors (Lipinski definition) is 4. The third-order valence-electron chi connectivity index (χ3n) is 4.49. The van der Waals surface area contributed by atoms with Gasteiger partial charge in [0.25, 0.3) is 0 Å². The van der Waals surface area contributed by atoms with Crippen LogP contribution >= 0.6 is 23.4 Å². The van der Waals surface area contributed by atoms with E-state index in [1.165, 1.54) is 22.7 Å². The van der Waals surface area contributed by atoms with Crippen LogP contribution in [0.4, 0.5) is 5.95 Å². The molecule has 11 heteroatoms. The highest BCUT2D eigenvalue weighted by molar-refractivity contribution is 7.98. The fraction of sp³-hybridized carbons (Fsp3) is 0.353. The largest absolute Gasteiger partial charge is 0.394 e. The summed E-state index contributed by atoms with van der Waals surface area (Å²) in [6, 6.07) is 7.49. The zero-order valence-electron chi connectivity index (χ0n) is 14.5. The van der Waals surface area contributed by atoms with Crippen LogP contribution in [0.3, 0.4) is 0 Å². The van der Waals surface area contributed by atoms with Gasteiger partial charge in [0, 0.05) is 10.8 Å². The smallest absolute Gasteiger partial charge is 0.223 e. The van der Waals surface area contributed by atoms with Gasteiger partial charge in [0.05, 0.1) is 12.9 Å². The summed E-state index contributed by atoms with van der Waals surface area (Å²) >= 11 is 7.36. The number of nitrogens with zero attached hydrogens (tertiary/aromatic N) is 4. The normalized spacial score (nSPS) is 24.9. The molecule has 0 unspecified atom stereocenters. The lowest BCUT2D eigenvalue weighted by molar-refractivity contribution is -0.0511. The van der Waals surface area contributed by atoms with Gasteiger partial charge in [-0.2, -0.15) is 4.98 Å². The Kier molecular flexibility index (Phi) is 5.41. The number of aromatic nitrogens is 4. The Morgan fingerprint density at radius 1 is 1.18 bits per heavy atom. The number of hydrogen-bond acceptors (Lipinski definition) is 9. The average molecular weight is 424 g/mol. The van der Waals surface area contributed by atoms with Gasteiger partial charge in [-0.3, -0.25) is 4.57 Å². The standard InChI is InChI=1S/C17H18ClN5O4S/c18-9-3-1-8(2-4-9)6-28-15-11-14(21-17(19)22-15)23(7-20-11)16-13(26)12(25)10(5-24)27-16/h1-4,7,10,12-13,16,24-26H,5-6H2,(H2,19,21,22)/t10-,12+,13-,16-/m0/s1. The lowest BCUT2D eigenvalue weighted by Gasteiger charge is -2.16. The first-order valence-electron chi connectivity index (χ1n) is 8.47. The Balaban J connectivity index is 1.64. The highest BCUT2D eigenvalue weighted by atomic mass is 35.5. The number of halogens is 1. The van der Waals surface area contributed by atoms with E-state index in [4.69, 9.17) is 22.1 Å². The molecule has 0 spiro atoms. The Bertz CT molecular complexity index is 986. The number of ether oxygens (including phenoxy) is 1. The van der Waals surface area contributed by atoms with Crippen LogP contribution in [-0.4, -0.2) is 59.8 Å². The van der Waals surface area contributed by atoms with Crippen LogP contribution in [0.2, 0.25) is 5.02 Å². The topological polar surface area (TPSA) is 140 Å². The highest BCUT2D eigenvalue weighted by Crippen LogP contribution is 2.34. The number of thioether (sulfide) groups is 1. The van der Waals surface area contributed by atoms with Gasteiger partial charge < -0.3 is 25.8 Å². The number of benzene rings is 1. The van der Waals surface area contributed by atoms with E-state index >= 15 is 0 Å². The third kappa shape index (κ3) is 3.54. The minimum absolute atomic E-state index is 0.0552. The molecule has 0 radical (unpaired) electrons. The summed E-state index contributed by atoms with van der Waals surface area (Å²) in [6.07, 6.45) is -2.84. The van der Waals surface area contributed by atoms with Crippen LogP contribution in [-0.2, 0) is 10.5 Å². The fourth-order valence-electron chi connectivity index (χ4n) is 3.04. The molecular formula is C17H18ClN5O4S. The number of rotatable bonds is 5. The Morgan fingerprint density at radius 3 is 2.61 bits per heavy atom. The Morgan fingerprint density at radius 2 is 1.93 bits per heavy atom. The molecule has 5 N–H and O–H groups in total. The molecule has 1 fully saturated rings. The number of imidazole rings is 1. The molecule has 0 bridgehead atoms. The average Bonchev–Trinajstić information content (AvgIpc) is 3.22. The highest BCUT2D eigenvalue weighted by Gasteiger charge is 2.44. The van der Waals surface area contributed by atoms with Crippen LogP contribution in [0.1, 0.15) is 11.8 Å². The predicted molar refractivity (Wildman–Crippen MR) is 104 cm³/mol. The van der Waals surface area contributed by atoms with Crippen molar-refractivity contribution in [2.24, 2.45) is 0 Å². The van der Waals surface area contributed by atoms with Crippen LogP contribution in [0.25, 0.3) is 11.2 Å². The molecule has 0 saturated carbocycles. The monoisotopic (exact) mass is 423 g/mol. The van der Waals surface area contributed by atoms with Gasteiger partial charge in [-0.25, -0.2) is 9.97 Å². The van der Waals surface area contributed by atoms with E-state index in [0.717, 1.165) is 5.56 Å². The van der Waals surface area contributed by atoms with E-state index in [-0.39, 0.29) is 5.95 Å². The first-order chi connectivity index (χ1) is 13.5. The second-order valence-corrected chi connectivity index (χ2v) is 7.76. The summed E-state index contributed by atoms with van der Waals surface area (Å²) < 4.78 is 7.05. The van der Waals surface area contributed by atoms with Gasteiger partial charge >= 0.3 is 0 Å².